The van der Waals surface area contributed by atoms with E-state index < -0.39 is 17.8 Å². The molecule has 1 heterocycles. The molecule has 6 nitrogen and oxygen atoms in total. The lowest BCUT2D eigenvalue weighted by molar-refractivity contribution is 0.0842. The first-order chi connectivity index (χ1) is 10.6. The Morgan fingerprint density at radius 2 is 2.00 bits per heavy atom. The molecule has 0 aromatic heterocycles. The zero-order valence-electron chi connectivity index (χ0n) is 12.2. The normalized spacial score (nSPS) is 17.9. The van der Waals surface area contributed by atoms with Crippen molar-refractivity contribution in [3.05, 3.63) is 35.6 Å². The number of aliphatic hydroxyl groups is 1. The number of urea groups is 1. The minimum atomic E-state index is -0.577. The van der Waals surface area contributed by atoms with Gasteiger partial charge in [0.15, 0.2) is 0 Å². The molecule has 1 aliphatic rings. The fourth-order valence-corrected chi connectivity index (χ4v) is 2.34. The van der Waals surface area contributed by atoms with Crippen molar-refractivity contribution in [2.75, 3.05) is 26.2 Å². The first-order valence-electron chi connectivity index (χ1n) is 7.31. The maximum absolute atomic E-state index is 13.4. The number of rotatable bonds is 4. The van der Waals surface area contributed by atoms with Crippen LogP contribution in [0.15, 0.2) is 24.3 Å². The Bertz CT molecular complexity index is 539. The summed E-state index contributed by atoms with van der Waals surface area (Å²) < 4.78 is 13.4. The number of β-amino-alcohol motifs (C(OH)–C–C–N with tert-alkyl or cyclic N) is 1. The molecule has 120 valence electrons. The highest BCUT2D eigenvalue weighted by Gasteiger charge is 2.21. The van der Waals surface area contributed by atoms with Gasteiger partial charge in [0.2, 0.25) is 0 Å². The molecule has 0 aliphatic carbocycles. The molecule has 3 N–H and O–H groups in total. The smallest absolute Gasteiger partial charge is 0.317 e. The highest BCUT2D eigenvalue weighted by atomic mass is 19.1. The van der Waals surface area contributed by atoms with Crippen LogP contribution < -0.4 is 10.6 Å². The largest absolute Gasteiger partial charge is 0.391 e. The Morgan fingerprint density at radius 1 is 1.27 bits per heavy atom. The van der Waals surface area contributed by atoms with Gasteiger partial charge in [0.1, 0.15) is 5.82 Å². The van der Waals surface area contributed by atoms with Gasteiger partial charge in [-0.25, -0.2) is 9.18 Å². The molecule has 2 rings (SSSR count). The fourth-order valence-electron chi connectivity index (χ4n) is 2.34. The Balaban J connectivity index is 1.69. The van der Waals surface area contributed by atoms with Crippen LogP contribution in [0.25, 0.3) is 0 Å². The summed E-state index contributed by atoms with van der Waals surface area (Å²) in [6, 6.07) is 5.45. The number of aliphatic hydroxyl groups excluding tert-OH is 1. The van der Waals surface area contributed by atoms with Gasteiger partial charge in [-0.3, -0.25) is 4.79 Å². The molecule has 3 amide bonds. The second-order valence-electron chi connectivity index (χ2n) is 5.21. The van der Waals surface area contributed by atoms with Gasteiger partial charge >= 0.3 is 6.03 Å². The predicted octanol–water partition coefficient (Wildman–Crippen LogP) is 0.722. The monoisotopic (exact) mass is 309 g/mol. The summed E-state index contributed by atoms with van der Waals surface area (Å²) >= 11 is 0. The highest BCUT2D eigenvalue weighted by molar-refractivity contribution is 5.94. The number of nitrogens with zero attached hydrogens (tertiary/aromatic N) is 1. The minimum absolute atomic E-state index is 0.0204. The van der Waals surface area contributed by atoms with E-state index in [0.29, 0.717) is 19.5 Å². The maximum Gasteiger partial charge on any atom is 0.317 e. The van der Waals surface area contributed by atoms with Gasteiger partial charge in [-0.2, -0.15) is 0 Å². The summed E-state index contributed by atoms with van der Waals surface area (Å²) in [5.41, 5.74) is -0.0204. The van der Waals surface area contributed by atoms with Gasteiger partial charge in [-0.1, -0.05) is 12.1 Å². The van der Waals surface area contributed by atoms with E-state index >= 15 is 0 Å². The molecule has 1 fully saturated rings. The number of likely N-dealkylation sites (tertiary alicyclic amines) is 1. The van der Waals surface area contributed by atoms with Crippen LogP contribution in [0.2, 0.25) is 0 Å². The van der Waals surface area contributed by atoms with Crippen molar-refractivity contribution >= 4 is 11.9 Å². The molecule has 0 bridgehead atoms. The molecule has 1 aliphatic heterocycles. The highest BCUT2D eigenvalue weighted by Crippen LogP contribution is 2.09. The summed E-state index contributed by atoms with van der Waals surface area (Å²) in [6.07, 6.45) is 1.02. The van der Waals surface area contributed by atoms with E-state index in [2.05, 4.69) is 10.6 Å². The summed E-state index contributed by atoms with van der Waals surface area (Å²) in [5, 5.41) is 14.7. The maximum atomic E-state index is 13.4. The van der Waals surface area contributed by atoms with Crippen molar-refractivity contribution in [3.63, 3.8) is 0 Å². The summed E-state index contributed by atoms with van der Waals surface area (Å²) in [7, 11) is 0. The molecule has 22 heavy (non-hydrogen) atoms. The first-order valence-corrected chi connectivity index (χ1v) is 7.31. The molecule has 1 aromatic carbocycles. The van der Waals surface area contributed by atoms with E-state index in [-0.39, 0.29) is 24.7 Å². The number of hydrogen-bond acceptors (Lipinski definition) is 3. The van der Waals surface area contributed by atoms with E-state index in [1.807, 2.05) is 0 Å². The van der Waals surface area contributed by atoms with Gasteiger partial charge in [-0.05, 0) is 25.0 Å². The number of carbonyl (C=O) groups is 2. The number of piperidine rings is 1. The molecular weight excluding hydrogens is 289 g/mol. The average molecular weight is 309 g/mol. The number of amides is 3. The molecule has 7 heteroatoms. The lowest BCUT2D eigenvalue weighted by Crippen LogP contribution is -2.48. The Kier molecular flexibility index (Phi) is 5.71. The SMILES string of the molecule is O=C(NCCNC(=O)N1CCCC(O)C1)c1ccccc1F. The average Bonchev–Trinajstić information content (AvgIpc) is 2.51. The van der Waals surface area contributed by atoms with E-state index in [0.717, 1.165) is 6.42 Å². The van der Waals surface area contributed by atoms with Gasteiger partial charge in [0.05, 0.1) is 11.7 Å². The Labute approximate surface area is 128 Å². The molecule has 1 atom stereocenters. The summed E-state index contributed by atoms with van der Waals surface area (Å²) in [6.45, 7) is 1.39. The molecule has 1 saturated heterocycles. The summed E-state index contributed by atoms with van der Waals surface area (Å²) in [5.74, 6) is -1.09. The van der Waals surface area contributed by atoms with Gasteiger partial charge in [-0.15, -0.1) is 0 Å². The van der Waals surface area contributed by atoms with Gasteiger partial charge in [0.25, 0.3) is 5.91 Å². The van der Waals surface area contributed by atoms with Crippen molar-refractivity contribution in [1.82, 2.24) is 15.5 Å². The van der Waals surface area contributed by atoms with Crippen LogP contribution in [-0.4, -0.2) is 54.2 Å². The first kappa shape index (κ1) is 16.2. The third-order valence-electron chi connectivity index (χ3n) is 3.49. The Hall–Kier alpha value is -2.15. The summed E-state index contributed by atoms with van der Waals surface area (Å²) in [4.78, 5) is 25.1. The molecule has 0 radical (unpaired) electrons. The van der Waals surface area contributed by atoms with Crippen LogP contribution in [0.4, 0.5) is 9.18 Å². The standard InChI is InChI=1S/C15H20FN3O3/c16-13-6-2-1-5-12(13)14(21)17-7-8-18-15(22)19-9-3-4-11(20)10-19/h1-2,5-6,11,20H,3-4,7-10H2,(H,17,21)(H,18,22). The van der Waals surface area contributed by atoms with Crippen LogP contribution in [0.1, 0.15) is 23.2 Å². The zero-order chi connectivity index (χ0) is 15.9. The molecule has 1 unspecified atom stereocenters. The topological polar surface area (TPSA) is 81.7 Å². The molecule has 0 saturated carbocycles. The molecule has 1 aromatic rings. The Morgan fingerprint density at radius 3 is 2.73 bits per heavy atom. The second-order valence-corrected chi connectivity index (χ2v) is 5.21. The lowest BCUT2D eigenvalue weighted by Gasteiger charge is -2.30. The van der Waals surface area contributed by atoms with Gasteiger partial charge < -0.3 is 20.6 Å². The van der Waals surface area contributed by atoms with Crippen molar-refractivity contribution < 1.29 is 19.1 Å². The molecular formula is C15H20FN3O3. The number of halogens is 1. The predicted molar refractivity (Wildman–Crippen MR) is 78.9 cm³/mol. The number of carbonyl (C=O) groups excluding carboxylic acids is 2. The fraction of sp³-hybridized carbons (Fsp3) is 0.467. The van der Waals surface area contributed by atoms with Gasteiger partial charge in [0, 0.05) is 26.2 Å². The third-order valence-corrected chi connectivity index (χ3v) is 3.49. The van der Waals surface area contributed by atoms with Crippen LogP contribution in [0.3, 0.4) is 0 Å². The van der Waals surface area contributed by atoms with Crippen molar-refractivity contribution in [2.45, 2.75) is 18.9 Å². The van der Waals surface area contributed by atoms with E-state index in [9.17, 15) is 19.1 Å². The zero-order valence-corrected chi connectivity index (χ0v) is 12.2. The second kappa shape index (κ2) is 7.74. The lowest BCUT2D eigenvalue weighted by atomic mass is 10.1. The van der Waals surface area contributed by atoms with E-state index in [4.69, 9.17) is 0 Å². The number of nitrogens with one attached hydrogen (secondary N) is 2. The third kappa shape index (κ3) is 4.42. The van der Waals surface area contributed by atoms with Crippen molar-refractivity contribution in [2.24, 2.45) is 0 Å². The quantitative estimate of drug-likeness (QED) is 0.717. The van der Waals surface area contributed by atoms with E-state index in [1.54, 1.807) is 11.0 Å². The van der Waals surface area contributed by atoms with Crippen LogP contribution in [0.5, 0.6) is 0 Å². The van der Waals surface area contributed by atoms with Crippen LogP contribution in [0, 0.1) is 5.82 Å². The van der Waals surface area contributed by atoms with Crippen LogP contribution in [-0.2, 0) is 0 Å². The minimum Gasteiger partial charge on any atom is -0.391 e. The van der Waals surface area contributed by atoms with Crippen molar-refractivity contribution in [3.8, 4) is 0 Å². The number of hydrogen-bond donors (Lipinski definition) is 3. The number of benzene rings is 1. The van der Waals surface area contributed by atoms with Crippen LogP contribution >= 0.6 is 0 Å². The van der Waals surface area contributed by atoms with E-state index in [1.165, 1.54) is 18.2 Å². The molecule has 0 spiro atoms. The van der Waals surface area contributed by atoms with Crippen molar-refractivity contribution in [1.29, 1.82) is 0 Å².